The number of ether oxygens (including phenoxy) is 1. The van der Waals surface area contributed by atoms with Gasteiger partial charge in [0.05, 0.1) is 24.4 Å². The maximum absolute atomic E-state index is 15.0. The van der Waals surface area contributed by atoms with Crippen LogP contribution < -0.4 is 10.2 Å². The van der Waals surface area contributed by atoms with Gasteiger partial charge in [-0.05, 0) is 67.5 Å². The van der Waals surface area contributed by atoms with E-state index < -0.39 is 0 Å². The molecule has 1 saturated carbocycles. The third kappa shape index (κ3) is 4.98. The molecule has 1 aromatic heterocycles. The van der Waals surface area contributed by atoms with E-state index in [-0.39, 0.29) is 23.5 Å². The number of nitrogens with one attached hydrogen (secondary N) is 1. The quantitative estimate of drug-likeness (QED) is 0.438. The molecule has 8 heteroatoms. The van der Waals surface area contributed by atoms with Crippen LogP contribution in [0.1, 0.15) is 41.1 Å². The third-order valence-corrected chi connectivity index (χ3v) is 6.30. The molecule has 1 unspecified atom stereocenters. The summed E-state index contributed by atoms with van der Waals surface area (Å²) in [6.45, 7) is 2.25. The number of halogens is 3. The lowest BCUT2D eigenvalue weighted by molar-refractivity contribution is 0.0623. The fraction of sp³-hybridized carbons (Fsp3) is 0.280. The second kappa shape index (κ2) is 9.29. The molecule has 2 aliphatic rings. The molecular formula is C25H22Cl2FN3O2. The van der Waals surface area contributed by atoms with Crippen LogP contribution in [0.2, 0.25) is 10.0 Å². The van der Waals surface area contributed by atoms with E-state index in [0.717, 1.165) is 24.1 Å². The van der Waals surface area contributed by atoms with Crippen LogP contribution in [0.15, 0.2) is 53.7 Å². The number of aliphatic imine (C=N–C) groups is 1. The summed E-state index contributed by atoms with van der Waals surface area (Å²) in [6, 6.07) is 12.3. The lowest BCUT2D eigenvalue weighted by Gasteiger charge is -2.23. The SMILES string of the molecule is Cc1cc(C2=NC(Cc3ccc(Cl)cc3Cl)CON2)c(Oc2cccc(C3CC3)c2F)cn1. The van der Waals surface area contributed by atoms with Crippen molar-refractivity contribution in [2.24, 2.45) is 4.99 Å². The summed E-state index contributed by atoms with van der Waals surface area (Å²) >= 11 is 12.3. The Morgan fingerprint density at radius 2 is 2.00 bits per heavy atom. The molecule has 1 N–H and O–H groups in total. The highest BCUT2D eigenvalue weighted by molar-refractivity contribution is 6.35. The van der Waals surface area contributed by atoms with Gasteiger partial charge in [0.25, 0.3) is 0 Å². The number of amidine groups is 1. The Labute approximate surface area is 201 Å². The van der Waals surface area contributed by atoms with Gasteiger partial charge >= 0.3 is 0 Å². The van der Waals surface area contributed by atoms with Crippen molar-refractivity contribution in [1.82, 2.24) is 10.5 Å². The van der Waals surface area contributed by atoms with Crippen LogP contribution in [0.3, 0.4) is 0 Å². The molecule has 1 aliphatic heterocycles. The van der Waals surface area contributed by atoms with Crippen LogP contribution in [0, 0.1) is 12.7 Å². The number of aryl methyl sites for hydroxylation is 1. The molecule has 170 valence electrons. The van der Waals surface area contributed by atoms with E-state index in [0.29, 0.717) is 45.8 Å². The van der Waals surface area contributed by atoms with Crippen molar-refractivity contribution >= 4 is 29.0 Å². The summed E-state index contributed by atoms with van der Waals surface area (Å²) in [4.78, 5) is 14.8. The van der Waals surface area contributed by atoms with Crippen LogP contribution in [0.25, 0.3) is 0 Å². The summed E-state index contributed by atoms with van der Waals surface area (Å²) in [6.07, 6.45) is 4.18. The number of hydrogen-bond donors (Lipinski definition) is 1. The Balaban J connectivity index is 1.44. The zero-order valence-electron chi connectivity index (χ0n) is 17.9. The van der Waals surface area contributed by atoms with Gasteiger partial charge in [-0.2, -0.15) is 0 Å². The van der Waals surface area contributed by atoms with E-state index in [9.17, 15) is 0 Å². The van der Waals surface area contributed by atoms with Crippen LogP contribution in [0.4, 0.5) is 4.39 Å². The minimum absolute atomic E-state index is 0.170. The Bertz CT molecular complexity index is 1230. The topological polar surface area (TPSA) is 55.7 Å². The maximum atomic E-state index is 15.0. The van der Waals surface area contributed by atoms with Gasteiger partial charge in [0.1, 0.15) is 0 Å². The molecule has 33 heavy (non-hydrogen) atoms. The molecule has 0 amide bonds. The number of rotatable bonds is 6. The van der Waals surface area contributed by atoms with Gasteiger partial charge in [-0.1, -0.05) is 41.4 Å². The first-order valence-electron chi connectivity index (χ1n) is 10.8. The first-order chi connectivity index (χ1) is 16.0. The molecule has 3 aromatic rings. The lowest BCUT2D eigenvalue weighted by Crippen LogP contribution is -2.37. The summed E-state index contributed by atoms with van der Waals surface area (Å²) in [5, 5.41) is 1.18. The Morgan fingerprint density at radius 3 is 2.79 bits per heavy atom. The number of hydroxylamine groups is 1. The number of hydrogen-bond acceptors (Lipinski definition) is 5. The van der Waals surface area contributed by atoms with Crippen LogP contribution in [-0.2, 0) is 11.3 Å². The van der Waals surface area contributed by atoms with E-state index in [1.165, 1.54) is 0 Å². The predicted octanol–water partition coefficient (Wildman–Crippen LogP) is 6.40. The molecule has 0 radical (unpaired) electrons. The van der Waals surface area contributed by atoms with Crippen LogP contribution in [-0.4, -0.2) is 23.5 Å². The van der Waals surface area contributed by atoms with Crippen molar-refractivity contribution in [3.05, 3.63) is 86.9 Å². The minimum Gasteiger partial charge on any atom is -0.452 e. The molecule has 1 atom stereocenters. The lowest BCUT2D eigenvalue weighted by atomic mass is 10.1. The van der Waals surface area contributed by atoms with Crippen molar-refractivity contribution in [1.29, 1.82) is 0 Å². The van der Waals surface area contributed by atoms with Gasteiger partial charge in [0.15, 0.2) is 23.2 Å². The zero-order valence-corrected chi connectivity index (χ0v) is 19.5. The van der Waals surface area contributed by atoms with Crippen molar-refractivity contribution in [2.45, 2.75) is 38.1 Å². The molecule has 0 saturated heterocycles. The summed E-state index contributed by atoms with van der Waals surface area (Å²) in [5.74, 6) is 1.02. The molecule has 1 fully saturated rings. The largest absolute Gasteiger partial charge is 0.452 e. The molecule has 5 rings (SSSR count). The minimum atomic E-state index is -0.323. The van der Waals surface area contributed by atoms with Crippen molar-refractivity contribution in [3.8, 4) is 11.5 Å². The second-order valence-electron chi connectivity index (χ2n) is 8.34. The Morgan fingerprint density at radius 1 is 1.15 bits per heavy atom. The maximum Gasteiger partial charge on any atom is 0.169 e. The molecule has 1 aliphatic carbocycles. The average Bonchev–Trinajstić information content (AvgIpc) is 3.64. The average molecular weight is 486 g/mol. The van der Waals surface area contributed by atoms with E-state index >= 15 is 4.39 Å². The van der Waals surface area contributed by atoms with Gasteiger partial charge in [-0.15, -0.1) is 0 Å². The normalized spacial score (nSPS) is 17.9. The molecule has 0 spiro atoms. The van der Waals surface area contributed by atoms with Crippen LogP contribution >= 0.6 is 23.2 Å². The third-order valence-electron chi connectivity index (χ3n) is 5.72. The van der Waals surface area contributed by atoms with Gasteiger partial charge in [0.2, 0.25) is 0 Å². The van der Waals surface area contributed by atoms with Crippen LogP contribution in [0.5, 0.6) is 11.5 Å². The first kappa shape index (κ1) is 22.1. The van der Waals surface area contributed by atoms with E-state index in [1.54, 1.807) is 24.4 Å². The van der Waals surface area contributed by atoms with Gasteiger partial charge in [0, 0.05) is 15.7 Å². The van der Waals surface area contributed by atoms with E-state index in [1.807, 2.05) is 31.2 Å². The molecule has 2 aromatic carbocycles. The summed E-state index contributed by atoms with van der Waals surface area (Å²) in [5.41, 5.74) is 5.93. The van der Waals surface area contributed by atoms with E-state index in [2.05, 4.69) is 10.5 Å². The first-order valence-corrected chi connectivity index (χ1v) is 11.6. The Hall–Kier alpha value is -2.67. The smallest absolute Gasteiger partial charge is 0.169 e. The van der Waals surface area contributed by atoms with Gasteiger partial charge < -0.3 is 4.74 Å². The molecule has 2 heterocycles. The van der Waals surface area contributed by atoms with Gasteiger partial charge in [-0.3, -0.25) is 14.8 Å². The number of nitrogens with zero attached hydrogens (tertiary/aromatic N) is 2. The highest BCUT2D eigenvalue weighted by atomic mass is 35.5. The molecular weight excluding hydrogens is 464 g/mol. The summed E-state index contributed by atoms with van der Waals surface area (Å²) in [7, 11) is 0. The van der Waals surface area contributed by atoms with Crippen molar-refractivity contribution < 1.29 is 14.0 Å². The van der Waals surface area contributed by atoms with Crippen molar-refractivity contribution in [2.75, 3.05) is 6.61 Å². The monoisotopic (exact) mass is 485 g/mol. The van der Waals surface area contributed by atoms with E-state index in [4.69, 9.17) is 37.8 Å². The fourth-order valence-electron chi connectivity index (χ4n) is 3.87. The van der Waals surface area contributed by atoms with Crippen molar-refractivity contribution in [3.63, 3.8) is 0 Å². The fourth-order valence-corrected chi connectivity index (χ4v) is 4.36. The second-order valence-corrected chi connectivity index (χ2v) is 9.19. The van der Waals surface area contributed by atoms with Gasteiger partial charge in [-0.25, -0.2) is 9.87 Å². The number of aromatic nitrogens is 1. The highest BCUT2D eigenvalue weighted by Gasteiger charge is 2.28. The standard InChI is InChI=1S/C25H22Cl2FN3O2/c1-14-9-20(23(12-29-14)33-22-4-2-3-19(24(22)28)15-5-6-15)25-30-18(13-32-31-25)10-16-7-8-17(26)11-21(16)27/h2-4,7-9,11-12,15,18H,5-6,10,13H2,1H3,(H,30,31). The number of benzene rings is 2. The molecule has 5 nitrogen and oxygen atoms in total. The zero-order chi connectivity index (χ0) is 22.9. The predicted molar refractivity (Wildman–Crippen MR) is 127 cm³/mol. The highest BCUT2D eigenvalue weighted by Crippen LogP contribution is 2.43. The number of pyridine rings is 1. The summed E-state index contributed by atoms with van der Waals surface area (Å²) < 4.78 is 21.0. The Kier molecular flexibility index (Phi) is 6.23. The molecule has 0 bridgehead atoms.